The van der Waals surface area contributed by atoms with Gasteiger partial charge in [0.25, 0.3) is 5.91 Å². The van der Waals surface area contributed by atoms with Gasteiger partial charge in [0, 0.05) is 19.8 Å². The van der Waals surface area contributed by atoms with Gasteiger partial charge in [-0.05, 0) is 30.9 Å². The lowest BCUT2D eigenvalue weighted by Crippen LogP contribution is -2.43. The van der Waals surface area contributed by atoms with E-state index in [0.717, 1.165) is 24.2 Å². The molecule has 3 nitrogen and oxygen atoms in total. The van der Waals surface area contributed by atoms with Gasteiger partial charge in [-0.3, -0.25) is 4.79 Å². The van der Waals surface area contributed by atoms with E-state index in [1.165, 1.54) is 0 Å². The fourth-order valence-electron chi connectivity index (χ4n) is 2.27. The molecule has 0 spiro atoms. The van der Waals surface area contributed by atoms with Gasteiger partial charge in [0.05, 0.1) is 0 Å². The van der Waals surface area contributed by atoms with E-state index in [-0.39, 0.29) is 12.5 Å². The number of hydrogen-bond donors (Lipinski definition) is 0. The van der Waals surface area contributed by atoms with Crippen LogP contribution in [0.3, 0.4) is 0 Å². The summed E-state index contributed by atoms with van der Waals surface area (Å²) in [5, 5.41) is 0. The maximum absolute atomic E-state index is 12.6. The van der Waals surface area contributed by atoms with Crippen molar-refractivity contribution in [3.8, 4) is 0 Å². The molecule has 0 aromatic carbocycles. The van der Waals surface area contributed by atoms with Crippen molar-refractivity contribution in [2.45, 2.75) is 25.4 Å². The first-order chi connectivity index (χ1) is 8.87. The molecule has 0 atom stereocenters. The predicted molar refractivity (Wildman–Crippen MR) is 64.7 cm³/mol. The second-order valence-corrected chi connectivity index (χ2v) is 5.10. The first-order valence-corrected chi connectivity index (χ1v) is 6.34. The fraction of sp³-hybridized carbons (Fsp3) is 0.615. The van der Waals surface area contributed by atoms with E-state index < -0.39 is 18.6 Å². The zero-order valence-corrected chi connectivity index (χ0v) is 10.8. The highest BCUT2D eigenvalue weighted by Crippen LogP contribution is 2.29. The van der Waals surface area contributed by atoms with Crippen molar-refractivity contribution in [1.82, 2.24) is 9.47 Å². The standard InChI is InChI=1S/C13H17F3N2O/c1-17-7-3-6-11(17)12(19)18(9-13(14,15)16)8-10-4-2-5-10/h3,6-7,10H,2,4-5,8-9H2,1H3. The van der Waals surface area contributed by atoms with Crippen LogP contribution in [0, 0.1) is 5.92 Å². The number of alkyl halides is 3. The Kier molecular flexibility index (Phi) is 3.87. The highest BCUT2D eigenvalue weighted by Gasteiger charge is 2.35. The summed E-state index contributed by atoms with van der Waals surface area (Å²) >= 11 is 0. The molecular weight excluding hydrogens is 257 g/mol. The lowest BCUT2D eigenvalue weighted by atomic mass is 9.85. The Morgan fingerprint density at radius 1 is 1.47 bits per heavy atom. The van der Waals surface area contributed by atoms with Crippen LogP contribution in [0.25, 0.3) is 0 Å². The van der Waals surface area contributed by atoms with Gasteiger partial charge in [-0.15, -0.1) is 0 Å². The maximum atomic E-state index is 12.6. The number of nitrogens with zero attached hydrogens (tertiary/aromatic N) is 2. The van der Waals surface area contributed by atoms with Gasteiger partial charge in [-0.25, -0.2) is 0 Å². The smallest absolute Gasteiger partial charge is 0.347 e. The molecule has 0 aliphatic heterocycles. The molecule has 1 aliphatic carbocycles. The number of carbonyl (C=O) groups excluding carboxylic acids is 1. The SMILES string of the molecule is Cn1cccc1C(=O)N(CC1CCC1)CC(F)(F)F. The molecule has 0 N–H and O–H groups in total. The Bertz CT molecular complexity index is 449. The molecule has 1 heterocycles. The Labute approximate surface area is 110 Å². The average molecular weight is 274 g/mol. The van der Waals surface area contributed by atoms with Crippen LogP contribution in [0.1, 0.15) is 29.8 Å². The molecule has 0 saturated heterocycles. The third kappa shape index (κ3) is 3.52. The Morgan fingerprint density at radius 2 is 2.16 bits per heavy atom. The third-order valence-corrected chi connectivity index (χ3v) is 3.52. The zero-order chi connectivity index (χ0) is 14.0. The first kappa shape index (κ1) is 14.0. The number of halogens is 3. The lowest BCUT2D eigenvalue weighted by molar-refractivity contribution is -0.142. The summed E-state index contributed by atoms with van der Waals surface area (Å²) in [7, 11) is 1.66. The molecule has 1 aromatic rings. The van der Waals surface area contributed by atoms with E-state index in [1.54, 1.807) is 29.9 Å². The van der Waals surface area contributed by atoms with Crippen molar-refractivity contribution in [1.29, 1.82) is 0 Å². The van der Waals surface area contributed by atoms with Crippen LogP contribution >= 0.6 is 0 Å². The van der Waals surface area contributed by atoms with Gasteiger partial charge >= 0.3 is 6.18 Å². The molecule has 2 rings (SSSR count). The number of aryl methyl sites for hydroxylation is 1. The number of aromatic nitrogens is 1. The highest BCUT2D eigenvalue weighted by molar-refractivity contribution is 5.92. The molecule has 1 saturated carbocycles. The van der Waals surface area contributed by atoms with Crippen LogP contribution < -0.4 is 0 Å². The van der Waals surface area contributed by atoms with Crippen molar-refractivity contribution < 1.29 is 18.0 Å². The predicted octanol–water partition coefficient (Wildman–Crippen LogP) is 2.83. The molecule has 1 fully saturated rings. The maximum Gasteiger partial charge on any atom is 0.406 e. The summed E-state index contributed by atoms with van der Waals surface area (Å²) in [5.41, 5.74) is 0.295. The van der Waals surface area contributed by atoms with Gasteiger partial charge < -0.3 is 9.47 Å². The molecule has 0 bridgehead atoms. The second kappa shape index (κ2) is 5.27. The molecule has 106 valence electrons. The lowest BCUT2D eigenvalue weighted by Gasteiger charge is -2.32. The normalized spacial score (nSPS) is 16.2. The highest BCUT2D eigenvalue weighted by atomic mass is 19.4. The second-order valence-electron chi connectivity index (χ2n) is 5.10. The molecule has 6 heteroatoms. The van der Waals surface area contributed by atoms with E-state index in [1.807, 2.05) is 0 Å². The minimum absolute atomic E-state index is 0.198. The van der Waals surface area contributed by atoms with Gasteiger partial charge in [0.15, 0.2) is 0 Å². The quantitative estimate of drug-likeness (QED) is 0.828. The average Bonchev–Trinajstić information content (AvgIpc) is 2.65. The first-order valence-electron chi connectivity index (χ1n) is 6.34. The molecule has 1 aliphatic rings. The van der Waals surface area contributed by atoms with Crippen molar-refractivity contribution >= 4 is 5.91 Å². The van der Waals surface area contributed by atoms with Gasteiger partial charge in [0.1, 0.15) is 12.2 Å². The van der Waals surface area contributed by atoms with Crippen LogP contribution in [-0.2, 0) is 7.05 Å². The third-order valence-electron chi connectivity index (χ3n) is 3.52. The van der Waals surface area contributed by atoms with Crippen molar-refractivity contribution in [3.63, 3.8) is 0 Å². The van der Waals surface area contributed by atoms with Crippen LogP contribution in [-0.4, -0.2) is 34.6 Å². The van der Waals surface area contributed by atoms with Gasteiger partial charge in [-0.1, -0.05) is 6.42 Å². The van der Waals surface area contributed by atoms with Crippen molar-refractivity contribution in [2.75, 3.05) is 13.1 Å². The Balaban J connectivity index is 2.11. The van der Waals surface area contributed by atoms with E-state index >= 15 is 0 Å². The van der Waals surface area contributed by atoms with E-state index in [4.69, 9.17) is 0 Å². The van der Waals surface area contributed by atoms with E-state index in [0.29, 0.717) is 5.69 Å². The van der Waals surface area contributed by atoms with E-state index in [9.17, 15) is 18.0 Å². The van der Waals surface area contributed by atoms with E-state index in [2.05, 4.69) is 0 Å². The summed E-state index contributed by atoms with van der Waals surface area (Å²) in [6, 6.07) is 3.20. The fourth-order valence-corrected chi connectivity index (χ4v) is 2.27. The van der Waals surface area contributed by atoms with Crippen molar-refractivity contribution in [2.24, 2.45) is 13.0 Å². The van der Waals surface area contributed by atoms with Crippen LogP contribution in [0.4, 0.5) is 13.2 Å². The summed E-state index contributed by atoms with van der Waals surface area (Å²) in [6.07, 6.45) is 0.166. The number of rotatable bonds is 4. The topological polar surface area (TPSA) is 25.2 Å². The summed E-state index contributed by atoms with van der Waals surface area (Å²) in [5.74, 6) is -0.330. The molecule has 1 amide bonds. The summed E-state index contributed by atoms with van der Waals surface area (Å²) < 4.78 is 39.3. The van der Waals surface area contributed by atoms with Crippen molar-refractivity contribution in [3.05, 3.63) is 24.0 Å². The largest absolute Gasteiger partial charge is 0.406 e. The zero-order valence-electron chi connectivity index (χ0n) is 10.8. The summed E-state index contributed by atoms with van der Waals surface area (Å²) in [6.45, 7) is -0.975. The monoisotopic (exact) mass is 274 g/mol. The van der Waals surface area contributed by atoms with Gasteiger partial charge in [0.2, 0.25) is 0 Å². The Morgan fingerprint density at radius 3 is 2.58 bits per heavy atom. The van der Waals surface area contributed by atoms with Crippen LogP contribution in [0.2, 0.25) is 0 Å². The number of hydrogen-bond acceptors (Lipinski definition) is 1. The van der Waals surface area contributed by atoms with Crippen LogP contribution in [0.5, 0.6) is 0 Å². The molecule has 0 radical (unpaired) electrons. The number of carbonyl (C=O) groups is 1. The van der Waals surface area contributed by atoms with Gasteiger partial charge in [-0.2, -0.15) is 13.2 Å². The molecule has 19 heavy (non-hydrogen) atoms. The molecule has 0 unspecified atom stereocenters. The minimum Gasteiger partial charge on any atom is -0.347 e. The summed E-state index contributed by atoms with van der Waals surface area (Å²) in [4.78, 5) is 13.1. The van der Waals surface area contributed by atoms with Crippen LogP contribution in [0.15, 0.2) is 18.3 Å². The minimum atomic E-state index is -4.36. The molecule has 1 aromatic heterocycles. The molecular formula is C13H17F3N2O. The number of amides is 1. The Hall–Kier alpha value is -1.46.